The van der Waals surface area contributed by atoms with E-state index in [1.54, 1.807) is 0 Å². The predicted octanol–water partition coefficient (Wildman–Crippen LogP) is 2.02. The van der Waals surface area contributed by atoms with Gasteiger partial charge in [0, 0.05) is 17.4 Å². The third-order valence-electron chi connectivity index (χ3n) is 2.44. The molecular weight excluding hydrogens is 148 g/mol. The maximum atomic E-state index is 5.85. The number of fused-ring (bicyclic) bond motifs is 1. The van der Waals surface area contributed by atoms with E-state index < -0.39 is 0 Å². The van der Waals surface area contributed by atoms with Gasteiger partial charge in [-0.25, -0.2) is 0 Å². The topological polar surface area (TPSA) is 38.0 Å². The molecule has 0 aliphatic carbocycles. The highest BCUT2D eigenvalue weighted by molar-refractivity contribution is 5.65. The van der Waals surface area contributed by atoms with Crippen LogP contribution in [0.2, 0.25) is 0 Å². The van der Waals surface area contributed by atoms with E-state index in [0.29, 0.717) is 6.04 Å². The second-order valence-electron chi connectivity index (χ2n) is 3.46. The molecule has 64 valence electrons. The summed E-state index contributed by atoms with van der Waals surface area (Å²) in [6.07, 6.45) is 2.29. The van der Waals surface area contributed by atoms with Crippen molar-refractivity contribution in [1.29, 1.82) is 0 Å². The van der Waals surface area contributed by atoms with E-state index in [1.807, 2.05) is 12.1 Å². The summed E-state index contributed by atoms with van der Waals surface area (Å²) < 4.78 is 0. The Bertz CT molecular complexity index is 294. The predicted molar refractivity (Wildman–Crippen MR) is 52.3 cm³/mol. The monoisotopic (exact) mass is 162 g/mol. The van der Waals surface area contributed by atoms with Gasteiger partial charge in [0.05, 0.1) is 0 Å². The quantitative estimate of drug-likeness (QED) is 0.573. The number of nitrogens with two attached hydrogens (primary N) is 1. The lowest BCUT2D eigenvalue weighted by Gasteiger charge is -2.24. The summed E-state index contributed by atoms with van der Waals surface area (Å²) in [4.78, 5) is 0. The van der Waals surface area contributed by atoms with Gasteiger partial charge in [-0.3, -0.25) is 0 Å². The molecule has 12 heavy (non-hydrogen) atoms. The van der Waals surface area contributed by atoms with Crippen molar-refractivity contribution in [2.24, 2.45) is 0 Å². The van der Waals surface area contributed by atoms with Crippen molar-refractivity contribution in [1.82, 2.24) is 0 Å². The van der Waals surface area contributed by atoms with E-state index in [9.17, 15) is 0 Å². The van der Waals surface area contributed by atoms with Crippen molar-refractivity contribution in [3.05, 3.63) is 23.8 Å². The fraction of sp³-hybridized carbons (Fsp3) is 0.400. The average molecular weight is 162 g/mol. The van der Waals surface area contributed by atoms with E-state index in [4.69, 9.17) is 5.73 Å². The Kier molecular flexibility index (Phi) is 1.68. The van der Waals surface area contributed by atoms with Crippen LogP contribution in [0.3, 0.4) is 0 Å². The molecule has 1 aromatic carbocycles. The Hall–Kier alpha value is -1.18. The lowest BCUT2D eigenvalue weighted by molar-refractivity contribution is 0.682. The molecule has 1 atom stereocenters. The van der Waals surface area contributed by atoms with Crippen LogP contribution in [0.15, 0.2) is 18.2 Å². The maximum Gasteiger partial charge on any atom is 0.0395 e. The van der Waals surface area contributed by atoms with Gasteiger partial charge in [-0.15, -0.1) is 0 Å². The van der Waals surface area contributed by atoms with Gasteiger partial charge in [-0.05, 0) is 37.5 Å². The lowest BCUT2D eigenvalue weighted by Crippen LogP contribution is -2.22. The van der Waals surface area contributed by atoms with E-state index in [2.05, 4.69) is 18.3 Å². The zero-order valence-corrected chi connectivity index (χ0v) is 7.30. The minimum absolute atomic E-state index is 0.583. The van der Waals surface area contributed by atoms with Crippen LogP contribution in [0.4, 0.5) is 11.4 Å². The second kappa shape index (κ2) is 2.70. The molecule has 1 aliphatic rings. The largest absolute Gasteiger partial charge is 0.398 e. The van der Waals surface area contributed by atoms with Crippen LogP contribution in [0.5, 0.6) is 0 Å². The summed E-state index contributed by atoms with van der Waals surface area (Å²) in [5.41, 5.74) is 9.27. The maximum absolute atomic E-state index is 5.85. The fourth-order valence-electron chi connectivity index (χ4n) is 1.72. The SMILES string of the molecule is C[C@@H]1CCc2c(N)cccc2N1. The molecule has 0 aromatic heterocycles. The minimum atomic E-state index is 0.583. The van der Waals surface area contributed by atoms with Gasteiger partial charge in [0.25, 0.3) is 0 Å². The number of hydrogen-bond acceptors (Lipinski definition) is 2. The molecule has 1 aromatic rings. The van der Waals surface area contributed by atoms with Gasteiger partial charge in [-0.2, -0.15) is 0 Å². The first-order chi connectivity index (χ1) is 5.77. The molecule has 2 heteroatoms. The minimum Gasteiger partial charge on any atom is -0.398 e. The van der Waals surface area contributed by atoms with Crippen molar-refractivity contribution in [2.45, 2.75) is 25.8 Å². The van der Waals surface area contributed by atoms with Crippen LogP contribution in [-0.4, -0.2) is 6.04 Å². The first-order valence-electron chi connectivity index (χ1n) is 4.41. The third kappa shape index (κ3) is 1.13. The molecule has 0 unspecified atom stereocenters. The Labute approximate surface area is 72.8 Å². The number of anilines is 2. The number of benzene rings is 1. The number of rotatable bonds is 0. The molecular formula is C10H14N2. The molecule has 0 fully saturated rings. The highest BCUT2D eigenvalue weighted by Crippen LogP contribution is 2.28. The molecule has 0 bridgehead atoms. The van der Waals surface area contributed by atoms with Crippen molar-refractivity contribution in [2.75, 3.05) is 11.1 Å². The smallest absolute Gasteiger partial charge is 0.0395 e. The van der Waals surface area contributed by atoms with Crippen LogP contribution in [-0.2, 0) is 6.42 Å². The first-order valence-corrected chi connectivity index (χ1v) is 4.41. The summed E-state index contributed by atoms with van der Waals surface area (Å²) in [5, 5.41) is 3.42. The van der Waals surface area contributed by atoms with Crippen molar-refractivity contribution in [3.8, 4) is 0 Å². The van der Waals surface area contributed by atoms with Crippen LogP contribution >= 0.6 is 0 Å². The molecule has 2 rings (SSSR count). The molecule has 0 saturated heterocycles. The van der Waals surface area contributed by atoms with Crippen LogP contribution in [0.1, 0.15) is 18.9 Å². The molecule has 0 radical (unpaired) electrons. The van der Waals surface area contributed by atoms with Gasteiger partial charge in [0.1, 0.15) is 0 Å². The van der Waals surface area contributed by atoms with Crippen LogP contribution in [0.25, 0.3) is 0 Å². The van der Waals surface area contributed by atoms with Crippen molar-refractivity contribution in [3.63, 3.8) is 0 Å². The Morgan fingerprint density at radius 2 is 2.33 bits per heavy atom. The van der Waals surface area contributed by atoms with Gasteiger partial charge in [0.15, 0.2) is 0 Å². The number of nitrogens with one attached hydrogen (secondary N) is 1. The molecule has 1 aliphatic heterocycles. The molecule has 0 saturated carbocycles. The highest BCUT2D eigenvalue weighted by Gasteiger charge is 2.14. The van der Waals surface area contributed by atoms with Crippen molar-refractivity contribution < 1.29 is 0 Å². The number of nitrogen functional groups attached to an aromatic ring is 1. The first kappa shape index (κ1) is 7.47. The summed E-state index contributed by atoms with van der Waals surface area (Å²) in [6, 6.07) is 6.65. The highest BCUT2D eigenvalue weighted by atomic mass is 14.9. The van der Waals surface area contributed by atoms with Gasteiger partial charge in [-0.1, -0.05) is 6.07 Å². The Morgan fingerprint density at radius 3 is 3.17 bits per heavy atom. The molecule has 0 amide bonds. The van der Waals surface area contributed by atoms with Gasteiger partial charge in [0.2, 0.25) is 0 Å². The molecule has 1 heterocycles. The summed E-state index contributed by atoms with van der Waals surface area (Å²) in [5.74, 6) is 0. The zero-order chi connectivity index (χ0) is 8.55. The number of hydrogen-bond donors (Lipinski definition) is 2. The van der Waals surface area contributed by atoms with E-state index in [-0.39, 0.29) is 0 Å². The molecule has 3 N–H and O–H groups in total. The molecule has 0 spiro atoms. The van der Waals surface area contributed by atoms with Gasteiger partial charge < -0.3 is 11.1 Å². The van der Waals surface area contributed by atoms with Gasteiger partial charge >= 0.3 is 0 Å². The summed E-state index contributed by atoms with van der Waals surface area (Å²) >= 11 is 0. The van der Waals surface area contributed by atoms with E-state index >= 15 is 0 Å². The Balaban J connectivity index is 2.42. The van der Waals surface area contributed by atoms with E-state index in [0.717, 1.165) is 12.1 Å². The Morgan fingerprint density at radius 1 is 1.50 bits per heavy atom. The summed E-state index contributed by atoms with van der Waals surface area (Å²) in [7, 11) is 0. The van der Waals surface area contributed by atoms with E-state index in [1.165, 1.54) is 17.7 Å². The van der Waals surface area contributed by atoms with Crippen LogP contribution in [0, 0.1) is 0 Å². The van der Waals surface area contributed by atoms with Crippen molar-refractivity contribution >= 4 is 11.4 Å². The third-order valence-corrected chi connectivity index (χ3v) is 2.44. The fourth-order valence-corrected chi connectivity index (χ4v) is 1.72. The average Bonchev–Trinajstić information content (AvgIpc) is 2.04. The normalized spacial score (nSPS) is 21.2. The standard InChI is InChI=1S/C10H14N2/c1-7-5-6-8-9(11)3-2-4-10(8)12-7/h2-4,7,12H,5-6,11H2,1H3/t7-/m1/s1. The second-order valence-corrected chi connectivity index (χ2v) is 3.46. The summed E-state index contributed by atoms with van der Waals surface area (Å²) in [6.45, 7) is 2.20. The van der Waals surface area contributed by atoms with Crippen LogP contribution < -0.4 is 11.1 Å². The lowest BCUT2D eigenvalue weighted by atomic mass is 9.98. The zero-order valence-electron chi connectivity index (χ0n) is 7.30. The molecule has 2 nitrogen and oxygen atoms in total.